The first-order chi connectivity index (χ1) is 8.67. The summed E-state index contributed by atoms with van der Waals surface area (Å²) in [4.78, 5) is 0.418. The van der Waals surface area contributed by atoms with Gasteiger partial charge in [0.25, 0.3) is 0 Å². The predicted molar refractivity (Wildman–Crippen MR) is 79.5 cm³/mol. The van der Waals surface area contributed by atoms with Crippen molar-refractivity contribution in [2.24, 2.45) is 0 Å². The van der Waals surface area contributed by atoms with Gasteiger partial charge in [0.1, 0.15) is 0 Å². The lowest BCUT2D eigenvalue weighted by molar-refractivity contribution is 0.610. The minimum atomic E-state index is -3.14. The van der Waals surface area contributed by atoms with Gasteiger partial charge in [-0.05, 0) is 29.3 Å². The molecule has 0 saturated heterocycles. The van der Waals surface area contributed by atoms with E-state index in [1.165, 1.54) is 25.7 Å². The van der Waals surface area contributed by atoms with E-state index in [-0.39, 0.29) is 0 Å². The number of rotatable bonds is 9. The Kier molecular flexibility index (Phi) is 7.44. The molecule has 0 N–H and O–H groups in total. The maximum absolute atomic E-state index is 11.9. The summed E-state index contributed by atoms with van der Waals surface area (Å²) in [5, 5.41) is 0. The lowest BCUT2D eigenvalue weighted by Gasteiger charge is -2.03. The lowest BCUT2D eigenvalue weighted by atomic mass is 10.1. The Balaban J connectivity index is 2.23. The third-order valence-corrected chi connectivity index (χ3v) is 6.39. The third-order valence-electron chi connectivity index (χ3n) is 2.77. The van der Waals surface area contributed by atoms with Crippen LogP contribution in [0, 0.1) is 0 Å². The SMILES string of the molecule is CCCCCCCCSS(=O)(=O)c1ccccc1. The van der Waals surface area contributed by atoms with Crippen molar-refractivity contribution in [3.05, 3.63) is 30.3 Å². The monoisotopic (exact) mass is 286 g/mol. The van der Waals surface area contributed by atoms with Crippen LogP contribution in [-0.4, -0.2) is 14.2 Å². The maximum Gasteiger partial charge on any atom is 0.229 e. The number of hydrogen-bond donors (Lipinski definition) is 0. The fourth-order valence-corrected chi connectivity index (χ4v) is 4.63. The van der Waals surface area contributed by atoms with E-state index in [9.17, 15) is 8.42 Å². The van der Waals surface area contributed by atoms with Gasteiger partial charge in [-0.2, -0.15) is 0 Å². The summed E-state index contributed by atoms with van der Waals surface area (Å²) in [7, 11) is -2.07. The second-order valence-electron chi connectivity index (χ2n) is 4.36. The van der Waals surface area contributed by atoms with E-state index in [4.69, 9.17) is 0 Å². The zero-order valence-electron chi connectivity index (χ0n) is 11.0. The Morgan fingerprint density at radius 1 is 0.944 bits per heavy atom. The van der Waals surface area contributed by atoms with Crippen molar-refractivity contribution in [1.29, 1.82) is 0 Å². The molecule has 102 valence electrons. The van der Waals surface area contributed by atoms with Crippen LogP contribution in [0.5, 0.6) is 0 Å². The summed E-state index contributed by atoms with van der Waals surface area (Å²) in [6, 6.07) is 8.67. The van der Waals surface area contributed by atoms with Crippen molar-refractivity contribution in [1.82, 2.24) is 0 Å². The van der Waals surface area contributed by atoms with Crippen LogP contribution in [0.3, 0.4) is 0 Å². The molecule has 2 nitrogen and oxygen atoms in total. The van der Waals surface area contributed by atoms with Crippen LogP contribution in [0.2, 0.25) is 0 Å². The Morgan fingerprint density at radius 2 is 1.56 bits per heavy atom. The second kappa shape index (κ2) is 8.59. The van der Waals surface area contributed by atoms with E-state index in [0.29, 0.717) is 10.6 Å². The number of unbranched alkanes of at least 4 members (excludes halogenated alkanes) is 5. The fraction of sp³-hybridized carbons (Fsp3) is 0.571. The number of benzene rings is 1. The van der Waals surface area contributed by atoms with Crippen molar-refractivity contribution >= 4 is 19.7 Å². The molecule has 1 aromatic rings. The van der Waals surface area contributed by atoms with Gasteiger partial charge in [0.15, 0.2) is 0 Å². The van der Waals surface area contributed by atoms with Crippen molar-refractivity contribution < 1.29 is 8.42 Å². The van der Waals surface area contributed by atoms with Crippen LogP contribution in [0.4, 0.5) is 0 Å². The topological polar surface area (TPSA) is 34.1 Å². The quantitative estimate of drug-likeness (QED) is 0.496. The van der Waals surface area contributed by atoms with Crippen LogP contribution in [0.25, 0.3) is 0 Å². The molecule has 0 atom stereocenters. The van der Waals surface area contributed by atoms with Gasteiger partial charge in [-0.1, -0.05) is 57.2 Å². The molecule has 18 heavy (non-hydrogen) atoms. The Labute approximate surface area is 114 Å². The van der Waals surface area contributed by atoms with Crippen molar-refractivity contribution in [2.75, 3.05) is 5.75 Å². The van der Waals surface area contributed by atoms with Crippen molar-refractivity contribution in [2.45, 2.75) is 50.3 Å². The highest BCUT2D eigenvalue weighted by atomic mass is 33.1. The predicted octanol–water partition coefficient (Wildman–Crippen LogP) is 4.47. The summed E-state index contributed by atoms with van der Waals surface area (Å²) in [6.45, 7) is 2.20. The molecule has 0 fully saturated rings. The van der Waals surface area contributed by atoms with Gasteiger partial charge < -0.3 is 0 Å². The summed E-state index contributed by atoms with van der Waals surface area (Å²) in [6.07, 6.45) is 7.15. The first kappa shape index (κ1) is 15.6. The average molecular weight is 286 g/mol. The summed E-state index contributed by atoms with van der Waals surface area (Å²) in [5.74, 6) is 0.698. The van der Waals surface area contributed by atoms with E-state index in [2.05, 4.69) is 6.92 Å². The molecule has 0 saturated carbocycles. The molecule has 1 rings (SSSR count). The van der Waals surface area contributed by atoms with Crippen LogP contribution in [0.1, 0.15) is 45.4 Å². The van der Waals surface area contributed by atoms with Gasteiger partial charge in [0.2, 0.25) is 8.87 Å². The van der Waals surface area contributed by atoms with E-state index in [1.807, 2.05) is 6.07 Å². The molecular formula is C14H22O2S2. The highest BCUT2D eigenvalue weighted by Gasteiger charge is 2.13. The average Bonchev–Trinajstić information content (AvgIpc) is 2.39. The van der Waals surface area contributed by atoms with E-state index in [0.717, 1.165) is 23.6 Å². The molecule has 0 aromatic heterocycles. The molecule has 1 aromatic carbocycles. The van der Waals surface area contributed by atoms with Gasteiger partial charge in [0.05, 0.1) is 4.90 Å². The fourth-order valence-electron chi connectivity index (χ4n) is 1.71. The minimum Gasteiger partial charge on any atom is -0.212 e. The first-order valence-corrected chi connectivity index (χ1v) is 9.60. The zero-order valence-corrected chi connectivity index (χ0v) is 12.6. The van der Waals surface area contributed by atoms with Gasteiger partial charge in [-0.3, -0.25) is 0 Å². The van der Waals surface area contributed by atoms with Crippen LogP contribution >= 0.6 is 10.8 Å². The van der Waals surface area contributed by atoms with Crippen LogP contribution in [0.15, 0.2) is 35.2 Å². The molecule has 0 unspecified atom stereocenters. The first-order valence-electron chi connectivity index (χ1n) is 6.61. The van der Waals surface area contributed by atoms with Crippen molar-refractivity contribution in [3.8, 4) is 0 Å². The molecule has 0 heterocycles. The molecular weight excluding hydrogens is 264 g/mol. The Morgan fingerprint density at radius 3 is 2.22 bits per heavy atom. The lowest BCUT2D eigenvalue weighted by Crippen LogP contribution is -1.96. The largest absolute Gasteiger partial charge is 0.229 e. The molecule has 0 aliphatic rings. The van der Waals surface area contributed by atoms with E-state index < -0.39 is 8.87 Å². The molecule has 0 aliphatic carbocycles. The Bertz CT molecular complexity index is 413. The highest BCUT2D eigenvalue weighted by molar-refractivity contribution is 8.72. The van der Waals surface area contributed by atoms with Gasteiger partial charge in [-0.15, -0.1) is 0 Å². The molecule has 0 aliphatic heterocycles. The molecule has 0 radical (unpaired) electrons. The van der Waals surface area contributed by atoms with E-state index in [1.54, 1.807) is 24.3 Å². The highest BCUT2D eigenvalue weighted by Crippen LogP contribution is 2.24. The standard InChI is InChI=1S/C14H22O2S2/c1-2-3-4-5-6-10-13-17-18(15,16)14-11-8-7-9-12-14/h7-9,11-12H,2-6,10,13H2,1H3. The zero-order chi connectivity index (χ0) is 13.3. The molecule has 0 amide bonds. The third kappa shape index (κ3) is 5.91. The number of hydrogen-bond acceptors (Lipinski definition) is 3. The Hall–Kier alpha value is -0.480. The van der Waals surface area contributed by atoms with Crippen molar-refractivity contribution in [3.63, 3.8) is 0 Å². The van der Waals surface area contributed by atoms with Crippen LogP contribution in [-0.2, 0) is 8.87 Å². The normalized spacial score (nSPS) is 11.6. The maximum atomic E-state index is 11.9. The van der Waals surface area contributed by atoms with E-state index >= 15 is 0 Å². The smallest absolute Gasteiger partial charge is 0.212 e. The van der Waals surface area contributed by atoms with Gasteiger partial charge >= 0.3 is 0 Å². The summed E-state index contributed by atoms with van der Waals surface area (Å²) in [5.41, 5.74) is 0. The van der Waals surface area contributed by atoms with Gasteiger partial charge in [-0.25, -0.2) is 8.42 Å². The summed E-state index contributed by atoms with van der Waals surface area (Å²) >= 11 is 0. The minimum absolute atomic E-state index is 0.418. The molecule has 0 bridgehead atoms. The van der Waals surface area contributed by atoms with Crippen LogP contribution < -0.4 is 0 Å². The molecule has 0 spiro atoms. The van der Waals surface area contributed by atoms with Gasteiger partial charge in [0, 0.05) is 5.75 Å². The molecule has 4 heteroatoms. The second-order valence-corrected chi connectivity index (χ2v) is 8.40. The summed E-state index contributed by atoms with van der Waals surface area (Å²) < 4.78 is 23.9.